The summed E-state index contributed by atoms with van der Waals surface area (Å²) >= 11 is 0. The summed E-state index contributed by atoms with van der Waals surface area (Å²) in [5.74, 6) is 0. The number of rotatable bonds is 13. The summed E-state index contributed by atoms with van der Waals surface area (Å²) in [6, 6.07) is 38.7. The van der Waals surface area contributed by atoms with Gasteiger partial charge in [-0.2, -0.15) is 0 Å². The van der Waals surface area contributed by atoms with Crippen LogP contribution in [0.25, 0.3) is 0 Å². The van der Waals surface area contributed by atoms with Gasteiger partial charge in [-0.25, -0.2) is 4.79 Å². The second-order valence-corrected chi connectivity index (χ2v) is 11.9. The van der Waals surface area contributed by atoms with Crippen LogP contribution in [0.15, 0.2) is 109 Å². The molecular formula is C39H47N3O2. The summed E-state index contributed by atoms with van der Waals surface area (Å²) in [6.07, 6.45) is 4.45. The lowest BCUT2D eigenvalue weighted by atomic mass is 9.99. The third-order valence-electron chi connectivity index (χ3n) is 8.79. The molecule has 0 aliphatic carbocycles. The van der Waals surface area contributed by atoms with Crippen molar-refractivity contribution in [2.45, 2.75) is 71.1 Å². The van der Waals surface area contributed by atoms with Gasteiger partial charge in [-0.15, -0.1) is 0 Å². The van der Waals surface area contributed by atoms with Crippen LogP contribution in [-0.2, 0) is 37.1 Å². The van der Waals surface area contributed by atoms with Crippen LogP contribution in [0.5, 0.6) is 0 Å². The number of para-hydroxylation sites is 1. The van der Waals surface area contributed by atoms with E-state index in [0.717, 1.165) is 45.2 Å². The standard InChI is InChI=1S/C39H47N3O2/c1-3-34-21-14-22-35(4-2)38(34)40-36-23-25-41(26-24-36)39(43)44-30-37(27-31-15-8-5-9-16-31)42(28-32-17-10-6-11-18-32)29-33-19-12-7-13-20-33/h5-22,36-37,40H,3-4,23-30H2,1-2H3/t37-/m0/s1. The average Bonchev–Trinajstić information content (AvgIpc) is 3.08. The van der Waals surface area contributed by atoms with Gasteiger partial charge in [0.2, 0.25) is 0 Å². The molecule has 1 amide bonds. The van der Waals surface area contributed by atoms with Gasteiger partial charge in [0, 0.05) is 44.0 Å². The van der Waals surface area contributed by atoms with Crippen molar-refractivity contribution < 1.29 is 9.53 Å². The summed E-state index contributed by atoms with van der Waals surface area (Å²) in [7, 11) is 0. The summed E-state index contributed by atoms with van der Waals surface area (Å²) in [4.78, 5) is 17.8. The number of piperidine rings is 1. The number of carbonyl (C=O) groups excluding carboxylic acids is 1. The molecule has 0 saturated carbocycles. The van der Waals surface area contributed by atoms with E-state index in [-0.39, 0.29) is 12.1 Å². The predicted molar refractivity (Wildman–Crippen MR) is 181 cm³/mol. The second kappa shape index (κ2) is 16.1. The summed E-state index contributed by atoms with van der Waals surface area (Å²) in [5, 5.41) is 3.83. The Hall–Kier alpha value is -4.09. The van der Waals surface area contributed by atoms with Crippen molar-refractivity contribution in [1.82, 2.24) is 9.80 Å². The van der Waals surface area contributed by atoms with Crippen molar-refractivity contribution in [1.29, 1.82) is 0 Å². The molecule has 5 heteroatoms. The zero-order chi connectivity index (χ0) is 30.6. The molecule has 1 aliphatic rings. The van der Waals surface area contributed by atoms with Crippen LogP contribution in [0, 0.1) is 0 Å². The van der Waals surface area contributed by atoms with Crippen molar-refractivity contribution in [3.8, 4) is 0 Å². The molecule has 1 saturated heterocycles. The number of amides is 1. The molecule has 1 fully saturated rings. The lowest BCUT2D eigenvalue weighted by Crippen LogP contribution is -2.45. The van der Waals surface area contributed by atoms with Gasteiger partial charge in [-0.3, -0.25) is 4.90 Å². The Bertz CT molecular complexity index is 1360. The number of benzene rings is 4. The molecule has 1 atom stereocenters. The predicted octanol–water partition coefficient (Wildman–Crippen LogP) is 8.14. The van der Waals surface area contributed by atoms with E-state index in [4.69, 9.17) is 4.74 Å². The molecule has 1 aliphatic heterocycles. The summed E-state index contributed by atoms with van der Waals surface area (Å²) < 4.78 is 6.12. The molecule has 0 radical (unpaired) electrons. The molecule has 0 bridgehead atoms. The average molecular weight is 590 g/mol. The fraction of sp³-hybridized carbons (Fsp3) is 0.359. The van der Waals surface area contributed by atoms with Gasteiger partial charge < -0.3 is 15.0 Å². The van der Waals surface area contributed by atoms with Crippen molar-refractivity contribution >= 4 is 11.8 Å². The maximum absolute atomic E-state index is 13.4. The molecule has 4 aromatic rings. The van der Waals surface area contributed by atoms with Crippen LogP contribution < -0.4 is 5.32 Å². The minimum Gasteiger partial charge on any atom is -0.448 e. The number of nitrogens with one attached hydrogen (secondary N) is 1. The summed E-state index contributed by atoms with van der Waals surface area (Å²) in [6.45, 7) is 7.73. The monoisotopic (exact) mass is 589 g/mol. The van der Waals surface area contributed by atoms with Crippen LogP contribution in [0.1, 0.15) is 54.5 Å². The molecule has 230 valence electrons. The Labute approximate surface area is 263 Å². The molecule has 44 heavy (non-hydrogen) atoms. The third kappa shape index (κ3) is 8.73. The molecule has 5 nitrogen and oxygen atoms in total. The lowest BCUT2D eigenvalue weighted by Gasteiger charge is -2.35. The molecule has 1 heterocycles. The first-order valence-electron chi connectivity index (χ1n) is 16.3. The van der Waals surface area contributed by atoms with Crippen LogP contribution in [0.2, 0.25) is 0 Å². The van der Waals surface area contributed by atoms with Crippen LogP contribution in [-0.4, -0.2) is 47.7 Å². The first-order valence-corrected chi connectivity index (χ1v) is 16.3. The van der Waals surface area contributed by atoms with E-state index in [0.29, 0.717) is 25.7 Å². The van der Waals surface area contributed by atoms with Gasteiger partial charge in [0.15, 0.2) is 0 Å². The van der Waals surface area contributed by atoms with E-state index in [2.05, 4.69) is 127 Å². The van der Waals surface area contributed by atoms with Crippen molar-refractivity contribution in [3.63, 3.8) is 0 Å². The number of ether oxygens (including phenoxy) is 1. The van der Waals surface area contributed by atoms with Crippen LogP contribution in [0.4, 0.5) is 10.5 Å². The van der Waals surface area contributed by atoms with Crippen LogP contribution in [0.3, 0.4) is 0 Å². The Balaban J connectivity index is 1.25. The zero-order valence-electron chi connectivity index (χ0n) is 26.3. The maximum Gasteiger partial charge on any atom is 0.409 e. The number of nitrogens with zero attached hydrogens (tertiary/aromatic N) is 2. The van der Waals surface area contributed by atoms with Gasteiger partial charge in [0.05, 0.1) is 0 Å². The topological polar surface area (TPSA) is 44.8 Å². The molecular weight excluding hydrogens is 542 g/mol. The van der Waals surface area contributed by atoms with Gasteiger partial charge in [0.1, 0.15) is 6.61 Å². The minimum absolute atomic E-state index is 0.0268. The highest BCUT2D eigenvalue weighted by molar-refractivity contribution is 5.68. The highest BCUT2D eigenvalue weighted by Crippen LogP contribution is 2.26. The SMILES string of the molecule is CCc1cccc(CC)c1NC1CCN(C(=O)OC[C@H](Cc2ccccc2)N(Cc2ccccc2)Cc2ccccc2)CC1. The second-order valence-electron chi connectivity index (χ2n) is 11.9. The summed E-state index contributed by atoms with van der Waals surface area (Å²) in [5.41, 5.74) is 7.76. The Morgan fingerprint density at radius 2 is 1.25 bits per heavy atom. The van der Waals surface area contributed by atoms with Gasteiger partial charge in [-0.1, -0.05) is 123 Å². The smallest absolute Gasteiger partial charge is 0.409 e. The zero-order valence-corrected chi connectivity index (χ0v) is 26.3. The minimum atomic E-state index is -0.205. The van der Waals surface area contributed by atoms with Crippen molar-refractivity contribution in [3.05, 3.63) is 137 Å². The van der Waals surface area contributed by atoms with E-state index in [1.165, 1.54) is 33.5 Å². The highest BCUT2D eigenvalue weighted by atomic mass is 16.6. The molecule has 4 aromatic carbocycles. The maximum atomic E-state index is 13.4. The first-order chi connectivity index (χ1) is 21.6. The fourth-order valence-electron chi connectivity index (χ4n) is 6.23. The molecule has 0 aromatic heterocycles. The lowest BCUT2D eigenvalue weighted by molar-refractivity contribution is 0.0543. The number of hydrogen-bond donors (Lipinski definition) is 1. The van der Waals surface area contributed by atoms with E-state index in [1.54, 1.807) is 0 Å². The van der Waals surface area contributed by atoms with E-state index >= 15 is 0 Å². The first kappa shape index (κ1) is 31.3. The molecule has 0 spiro atoms. The Morgan fingerprint density at radius 3 is 1.75 bits per heavy atom. The van der Waals surface area contributed by atoms with Gasteiger partial charge >= 0.3 is 6.09 Å². The normalized spacial score (nSPS) is 14.4. The highest BCUT2D eigenvalue weighted by Gasteiger charge is 2.27. The number of hydrogen-bond acceptors (Lipinski definition) is 4. The number of anilines is 1. The molecule has 5 rings (SSSR count). The number of carbonyl (C=O) groups is 1. The van der Waals surface area contributed by atoms with Gasteiger partial charge in [0.25, 0.3) is 0 Å². The molecule has 0 unspecified atom stereocenters. The number of likely N-dealkylation sites (tertiary alicyclic amines) is 1. The Kier molecular flexibility index (Phi) is 11.5. The quantitative estimate of drug-likeness (QED) is 0.171. The van der Waals surface area contributed by atoms with Gasteiger partial charge in [-0.05, 0) is 59.9 Å². The fourth-order valence-corrected chi connectivity index (χ4v) is 6.23. The van der Waals surface area contributed by atoms with Crippen molar-refractivity contribution in [2.75, 3.05) is 25.0 Å². The largest absolute Gasteiger partial charge is 0.448 e. The number of aryl methyl sites for hydroxylation is 2. The third-order valence-corrected chi connectivity index (χ3v) is 8.79. The van der Waals surface area contributed by atoms with E-state index in [9.17, 15) is 4.79 Å². The van der Waals surface area contributed by atoms with E-state index in [1.807, 2.05) is 11.0 Å². The van der Waals surface area contributed by atoms with Crippen LogP contribution >= 0.6 is 0 Å². The molecule has 1 N–H and O–H groups in total. The van der Waals surface area contributed by atoms with Crippen molar-refractivity contribution in [2.24, 2.45) is 0 Å². The van der Waals surface area contributed by atoms with E-state index < -0.39 is 0 Å². The Morgan fingerprint density at radius 1 is 0.750 bits per heavy atom.